The molecule has 0 aromatic heterocycles. The second-order valence-electron chi connectivity index (χ2n) is 4.52. The fourth-order valence-corrected chi connectivity index (χ4v) is 3.07. The summed E-state index contributed by atoms with van der Waals surface area (Å²) in [5.41, 5.74) is 5.70. The van der Waals surface area contributed by atoms with Crippen LogP contribution < -0.4 is 10.3 Å². The molecule has 0 radical (unpaired) electrons. The van der Waals surface area contributed by atoms with Crippen LogP contribution in [-0.4, -0.2) is 41.5 Å². The molecule has 22 heavy (non-hydrogen) atoms. The second-order valence-corrected chi connectivity index (χ2v) is 6.74. The third-order valence-corrected chi connectivity index (χ3v) is 4.70. The average molecular weight is 331 g/mol. The Morgan fingerprint density at radius 2 is 1.95 bits per heavy atom. The third kappa shape index (κ3) is 5.48. The normalized spacial score (nSPS) is 14.8. The second kappa shape index (κ2) is 7.93. The first kappa shape index (κ1) is 18.2. The Hall–Kier alpha value is -1.89. The first-order valence-corrected chi connectivity index (χ1v) is 8.12. The molecule has 122 valence electrons. The molecule has 0 saturated heterocycles. The van der Waals surface area contributed by atoms with Crippen LogP contribution in [0.5, 0.6) is 5.75 Å². The highest BCUT2D eigenvalue weighted by Crippen LogP contribution is 2.49. The van der Waals surface area contributed by atoms with Gasteiger partial charge < -0.3 is 25.0 Å². The van der Waals surface area contributed by atoms with Gasteiger partial charge in [0.2, 0.25) is 0 Å². The number of nitrogens with two attached hydrogens (primary N) is 1. The van der Waals surface area contributed by atoms with Crippen LogP contribution in [0.25, 0.3) is 0 Å². The summed E-state index contributed by atoms with van der Waals surface area (Å²) in [6.07, 6.45) is -0.589. The fourth-order valence-electron chi connectivity index (χ4n) is 1.65. The first-order valence-electron chi connectivity index (χ1n) is 6.40. The van der Waals surface area contributed by atoms with Crippen molar-refractivity contribution in [2.45, 2.75) is 18.9 Å². The first-order chi connectivity index (χ1) is 10.3. The molecule has 4 N–H and O–H groups in total. The number of para-hydroxylation sites is 1. The van der Waals surface area contributed by atoms with Gasteiger partial charge in [0, 0.05) is 12.7 Å². The Kier molecular flexibility index (Phi) is 6.55. The van der Waals surface area contributed by atoms with Gasteiger partial charge in [-0.2, -0.15) is 0 Å². The van der Waals surface area contributed by atoms with E-state index in [-0.39, 0.29) is 24.8 Å². The summed E-state index contributed by atoms with van der Waals surface area (Å²) in [6, 6.07) is 5.06. The zero-order valence-corrected chi connectivity index (χ0v) is 12.9. The molecule has 0 aliphatic rings. The van der Waals surface area contributed by atoms with Gasteiger partial charge in [0.1, 0.15) is 11.8 Å². The molecular weight excluding hydrogens is 313 g/mol. The summed E-state index contributed by atoms with van der Waals surface area (Å²) < 4.78 is 22.7. The zero-order chi connectivity index (χ0) is 16.8. The van der Waals surface area contributed by atoms with Crippen LogP contribution in [-0.2, 0) is 25.1 Å². The van der Waals surface area contributed by atoms with Gasteiger partial charge in [-0.05, 0) is 12.5 Å². The highest BCUT2D eigenvalue weighted by atomic mass is 31.2. The maximum Gasteiger partial charge on any atom is 0.379 e. The number of rotatable bonds is 9. The molecule has 1 rings (SSSR count). The van der Waals surface area contributed by atoms with E-state index >= 15 is 0 Å². The van der Waals surface area contributed by atoms with Crippen molar-refractivity contribution in [2.24, 2.45) is 5.73 Å². The van der Waals surface area contributed by atoms with Crippen molar-refractivity contribution in [3.8, 4) is 5.75 Å². The molecule has 1 aromatic carbocycles. The van der Waals surface area contributed by atoms with Crippen LogP contribution >= 0.6 is 7.60 Å². The quantitative estimate of drug-likeness (QED) is 0.577. The molecule has 0 spiro atoms. The Balaban J connectivity index is 2.87. The van der Waals surface area contributed by atoms with E-state index in [0.717, 1.165) is 0 Å². The summed E-state index contributed by atoms with van der Waals surface area (Å²) >= 11 is 0. The Morgan fingerprint density at radius 3 is 2.50 bits per heavy atom. The minimum absolute atomic E-state index is 0.0957. The van der Waals surface area contributed by atoms with Crippen molar-refractivity contribution < 1.29 is 33.4 Å². The Labute approximate surface area is 127 Å². The smallest absolute Gasteiger partial charge is 0.379 e. The molecular formula is C13H18NO7P. The number of hydrogen-bond acceptors (Lipinski definition) is 6. The van der Waals surface area contributed by atoms with E-state index < -0.39 is 25.6 Å². The maximum atomic E-state index is 12.5. The van der Waals surface area contributed by atoms with Crippen LogP contribution in [0, 0.1) is 0 Å². The van der Waals surface area contributed by atoms with Crippen molar-refractivity contribution >= 4 is 19.5 Å². The number of carboxylic acids is 2. The predicted molar refractivity (Wildman–Crippen MR) is 78.1 cm³/mol. The van der Waals surface area contributed by atoms with Crippen LogP contribution in [0.15, 0.2) is 24.3 Å². The van der Waals surface area contributed by atoms with E-state index in [9.17, 15) is 14.2 Å². The van der Waals surface area contributed by atoms with Crippen LogP contribution in [0.2, 0.25) is 0 Å². The van der Waals surface area contributed by atoms with Gasteiger partial charge in [-0.25, -0.2) is 4.57 Å². The maximum absolute atomic E-state index is 12.5. The van der Waals surface area contributed by atoms with E-state index in [1.807, 2.05) is 0 Å². The molecule has 9 heteroatoms. The van der Waals surface area contributed by atoms with Crippen molar-refractivity contribution in [1.82, 2.24) is 0 Å². The summed E-state index contributed by atoms with van der Waals surface area (Å²) in [6.45, 7) is 0. The van der Waals surface area contributed by atoms with Gasteiger partial charge >= 0.3 is 19.5 Å². The van der Waals surface area contributed by atoms with Gasteiger partial charge in [0.25, 0.3) is 0 Å². The minimum Gasteiger partial charge on any atom is -0.481 e. The monoisotopic (exact) mass is 331 g/mol. The zero-order valence-electron chi connectivity index (χ0n) is 12.0. The molecule has 8 nitrogen and oxygen atoms in total. The number of carboxylic acid groups (broad SMARTS) is 2. The lowest BCUT2D eigenvalue weighted by Gasteiger charge is -2.19. The van der Waals surface area contributed by atoms with Crippen molar-refractivity contribution in [3.63, 3.8) is 0 Å². The summed E-state index contributed by atoms with van der Waals surface area (Å²) in [5, 5.41) is 17.6. The molecule has 2 atom stereocenters. The van der Waals surface area contributed by atoms with E-state index in [1.54, 1.807) is 12.1 Å². The average Bonchev–Trinajstić information content (AvgIpc) is 2.46. The van der Waals surface area contributed by atoms with E-state index in [2.05, 4.69) is 0 Å². The third-order valence-electron chi connectivity index (χ3n) is 2.86. The van der Waals surface area contributed by atoms with E-state index in [0.29, 0.717) is 5.56 Å². The lowest BCUT2D eigenvalue weighted by atomic mass is 10.1. The van der Waals surface area contributed by atoms with E-state index in [1.165, 1.54) is 19.2 Å². The van der Waals surface area contributed by atoms with Gasteiger partial charge in [-0.3, -0.25) is 9.59 Å². The summed E-state index contributed by atoms with van der Waals surface area (Å²) in [7, 11) is -2.45. The van der Waals surface area contributed by atoms with Crippen molar-refractivity contribution in [1.29, 1.82) is 0 Å². The summed E-state index contributed by atoms with van der Waals surface area (Å²) in [4.78, 5) is 21.5. The summed E-state index contributed by atoms with van der Waals surface area (Å²) in [5.74, 6) is -2.15. The van der Waals surface area contributed by atoms with Gasteiger partial charge in [-0.15, -0.1) is 0 Å². The molecule has 0 bridgehead atoms. The molecule has 0 aliphatic carbocycles. The molecule has 2 unspecified atom stereocenters. The fraction of sp³-hybridized carbons (Fsp3) is 0.385. The number of benzene rings is 1. The van der Waals surface area contributed by atoms with Crippen LogP contribution in [0.1, 0.15) is 12.0 Å². The van der Waals surface area contributed by atoms with Crippen molar-refractivity contribution in [3.05, 3.63) is 29.8 Å². The Morgan fingerprint density at radius 1 is 1.32 bits per heavy atom. The van der Waals surface area contributed by atoms with Crippen LogP contribution in [0.4, 0.5) is 0 Å². The minimum atomic E-state index is -3.62. The van der Waals surface area contributed by atoms with Crippen molar-refractivity contribution in [2.75, 3.05) is 13.3 Å². The lowest BCUT2D eigenvalue weighted by molar-refractivity contribution is -0.138. The predicted octanol–water partition coefficient (Wildman–Crippen LogP) is 1.33. The molecule has 1 aromatic rings. The number of hydrogen-bond donors (Lipinski definition) is 3. The van der Waals surface area contributed by atoms with E-state index in [4.69, 9.17) is 25.0 Å². The topological polar surface area (TPSA) is 136 Å². The lowest BCUT2D eigenvalue weighted by Crippen LogP contribution is -2.31. The molecule has 0 aliphatic heterocycles. The highest BCUT2D eigenvalue weighted by Gasteiger charge is 2.28. The number of carbonyl (C=O) groups is 2. The van der Waals surface area contributed by atoms with Gasteiger partial charge in [0.05, 0.1) is 12.6 Å². The van der Waals surface area contributed by atoms with Gasteiger partial charge in [0.15, 0.2) is 0 Å². The Bertz CT molecular complexity index is 590. The number of aliphatic carboxylic acids is 2. The molecule has 0 fully saturated rings. The van der Waals surface area contributed by atoms with Crippen LogP contribution in [0.3, 0.4) is 0 Å². The molecule has 0 amide bonds. The largest absolute Gasteiger partial charge is 0.481 e. The van der Waals surface area contributed by atoms with Gasteiger partial charge in [-0.1, -0.05) is 18.2 Å². The SMILES string of the molecule is COP(=O)(CCC(N)C(=O)O)Oc1ccccc1CC(=O)O. The highest BCUT2D eigenvalue weighted by molar-refractivity contribution is 7.54. The molecule has 0 heterocycles. The molecule has 0 saturated carbocycles. The standard InChI is InChI=1S/C13H18NO7P/c1-20-22(19,7-6-10(14)13(17)18)21-11-5-3-2-4-9(11)8-12(15)16/h2-5,10H,6-8,14H2,1H3,(H,15,16)(H,17,18).